The minimum Gasteiger partial charge on any atom is -0.462 e. The smallest absolute Gasteiger partial charge is 0.302 e. The molecule has 0 bridgehead atoms. The van der Waals surface area contributed by atoms with Crippen molar-refractivity contribution >= 4 is 17.7 Å². The largest absolute Gasteiger partial charge is 0.462 e. The molecule has 0 amide bonds. The molecule has 8 atom stereocenters. The first-order chi connectivity index (χ1) is 13.5. The summed E-state index contributed by atoms with van der Waals surface area (Å²) < 4.78 is 27.3. The zero-order valence-electron chi connectivity index (χ0n) is 18.0. The maximum atomic E-state index is 16.3. The van der Waals surface area contributed by atoms with E-state index < -0.39 is 23.2 Å². The van der Waals surface area contributed by atoms with Gasteiger partial charge in [0.2, 0.25) is 0 Å². The van der Waals surface area contributed by atoms with Gasteiger partial charge in [0.1, 0.15) is 12.2 Å². The third kappa shape index (κ3) is 2.96. The lowest BCUT2D eigenvalue weighted by molar-refractivity contribution is -0.199. The summed E-state index contributed by atoms with van der Waals surface area (Å²) in [6.07, 6.45) is 4.28. The molecule has 0 aromatic carbocycles. The highest BCUT2D eigenvalue weighted by molar-refractivity contribution is 5.90. The summed E-state index contributed by atoms with van der Waals surface area (Å²) in [6.45, 7) is 6.93. The highest BCUT2D eigenvalue weighted by Gasteiger charge is 2.69. The van der Waals surface area contributed by atoms with Gasteiger partial charge in [-0.3, -0.25) is 14.4 Å². The number of esters is 2. The second kappa shape index (κ2) is 6.78. The molecule has 4 rings (SSSR count). The number of hydrogen-bond donors (Lipinski definition) is 0. The molecular formula is C23H33FO5. The lowest BCUT2D eigenvalue weighted by Gasteiger charge is -2.61. The second-order valence-corrected chi connectivity index (χ2v) is 10.4. The molecular weight excluding hydrogens is 375 g/mol. The Labute approximate surface area is 172 Å². The molecule has 3 unspecified atom stereocenters. The molecule has 0 aromatic rings. The van der Waals surface area contributed by atoms with Crippen LogP contribution in [-0.4, -0.2) is 35.6 Å². The number of ketones is 1. The molecule has 0 aromatic heterocycles. The van der Waals surface area contributed by atoms with E-state index in [4.69, 9.17) is 9.47 Å². The van der Waals surface area contributed by atoms with E-state index in [1.54, 1.807) is 0 Å². The van der Waals surface area contributed by atoms with Gasteiger partial charge in [0.25, 0.3) is 0 Å². The summed E-state index contributed by atoms with van der Waals surface area (Å²) >= 11 is 0. The van der Waals surface area contributed by atoms with Crippen molar-refractivity contribution in [3.63, 3.8) is 0 Å². The zero-order chi connectivity index (χ0) is 21.2. The number of halogens is 1. The predicted octanol–water partition coefficient (Wildman–Crippen LogP) is 4.16. The lowest BCUT2D eigenvalue weighted by Crippen LogP contribution is -2.65. The van der Waals surface area contributed by atoms with Crippen LogP contribution >= 0.6 is 0 Å². The fraction of sp³-hybridized carbons (Fsp3) is 0.870. The van der Waals surface area contributed by atoms with E-state index in [1.165, 1.54) is 13.8 Å². The highest BCUT2D eigenvalue weighted by Crippen LogP contribution is 2.67. The minimum atomic E-state index is -1.92. The minimum absolute atomic E-state index is 0.0108. The maximum Gasteiger partial charge on any atom is 0.302 e. The molecule has 4 fully saturated rings. The Morgan fingerprint density at radius 3 is 2.31 bits per heavy atom. The van der Waals surface area contributed by atoms with Gasteiger partial charge >= 0.3 is 11.9 Å². The van der Waals surface area contributed by atoms with Crippen molar-refractivity contribution < 1.29 is 28.2 Å². The Morgan fingerprint density at radius 2 is 1.66 bits per heavy atom. The first kappa shape index (κ1) is 20.8. The standard InChI is InChI=1S/C23H33FO5/c1-13(25)28-15-7-10-22(4)18-8-9-21(3)17(5-6-20(21)29-14(2)26)16(18)11-19(27)23(22,24)12-15/h15-18,20H,5-12H2,1-4H3/t15?,16-,17-,18+,20?,21-,22+,23?/m0/s1. The van der Waals surface area contributed by atoms with Crippen molar-refractivity contribution in [2.24, 2.45) is 28.6 Å². The molecule has 0 saturated heterocycles. The molecule has 0 spiro atoms. The van der Waals surface area contributed by atoms with Gasteiger partial charge in [0, 0.05) is 37.5 Å². The number of carbonyl (C=O) groups excluding carboxylic acids is 3. The van der Waals surface area contributed by atoms with Gasteiger partial charge in [-0.15, -0.1) is 0 Å². The Balaban J connectivity index is 1.61. The summed E-state index contributed by atoms with van der Waals surface area (Å²) in [5.74, 6) is -0.435. The van der Waals surface area contributed by atoms with Crippen LogP contribution in [-0.2, 0) is 23.9 Å². The van der Waals surface area contributed by atoms with Crippen molar-refractivity contribution in [2.45, 2.75) is 96.9 Å². The van der Waals surface area contributed by atoms with Crippen molar-refractivity contribution in [3.8, 4) is 0 Å². The number of carbonyl (C=O) groups is 3. The lowest BCUT2D eigenvalue weighted by atomic mass is 9.43. The van der Waals surface area contributed by atoms with Gasteiger partial charge in [-0.05, 0) is 56.3 Å². The number of rotatable bonds is 2. The fourth-order valence-corrected chi connectivity index (χ4v) is 7.64. The Bertz CT molecular complexity index is 737. The Hall–Kier alpha value is -1.46. The molecule has 0 heterocycles. The van der Waals surface area contributed by atoms with Crippen LogP contribution in [0.2, 0.25) is 0 Å². The van der Waals surface area contributed by atoms with E-state index in [9.17, 15) is 14.4 Å². The molecule has 0 N–H and O–H groups in total. The van der Waals surface area contributed by atoms with Gasteiger partial charge in [-0.2, -0.15) is 0 Å². The SMILES string of the molecule is CC(=O)OC1CC[C@]2(C)[C@@H]3CC[C@]4(C)C(OC(C)=O)CC[C@H]4[C@@H]3CC(=O)C2(F)C1. The van der Waals surface area contributed by atoms with Crippen LogP contribution in [0.5, 0.6) is 0 Å². The maximum absolute atomic E-state index is 16.3. The molecule has 6 heteroatoms. The zero-order valence-corrected chi connectivity index (χ0v) is 18.0. The van der Waals surface area contributed by atoms with E-state index >= 15 is 4.39 Å². The monoisotopic (exact) mass is 408 g/mol. The van der Waals surface area contributed by atoms with E-state index in [0.717, 1.165) is 25.7 Å². The van der Waals surface area contributed by atoms with Crippen molar-refractivity contribution in [2.75, 3.05) is 0 Å². The normalized spacial score (nSPS) is 48.9. The molecule has 29 heavy (non-hydrogen) atoms. The van der Waals surface area contributed by atoms with Crippen LogP contribution in [0.3, 0.4) is 0 Å². The van der Waals surface area contributed by atoms with Crippen LogP contribution in [0.1, 0.15) is 79.1 Å². The van der Waals surface area contributed by atoms with E-state index in [-0.39, 0.29) is 53.9 Å². The molecule has 162 valence electrons. The number of hydrogen-bond acceptors (Lipinski definition) is 5. The summed E-state index contributed by atoms with van der Waals surface area (Å²) in [7, 11) is 0. The Morgan fingerprint density at radius 1 is 0.966 bits per heavy atom. The summed E-state index contributed by atoms with van der Waals surface area (Å²) in [5.41, 5.74) is -2.77. The topological polar surface area (TPSA) is 69.7 Å². The van der Waals surface area contributed by atoms with Crippen molar-refractivity contribution in [1.82, 2.24) is 0 Å². The van der Waals surface area contributed by atoms with Crippen LogP contribution in [0.4, 0.5) is 4.39 Å². The van der Waals surface area contributed by atoms with Crippen LogP contribution in [0.15, 0.2) is 0 Å². The molecule has 5 nitrogen and oxygen atoms in total. The van der Waals surface area contributed by atoms with Crippen molar-refractivity contribution in [1.29, 1.82) is 0 Å². The molecule has 4 aliphatic rings. The number of alkyl halides is 1. The average molecular weight is 409 g/mol. The first-order valence-electron chi connectivity index (χ1n) is 11.1. The average Bonchev–Trinajstić information content (AvgIpc) is 2.93. The van der Waals surface area contributed by atoms with E-state index in [2.05, 4.69) is 6.92 Å². The van der Waals surface area contributed by atoms with Crippen LogP contribution in [0, 0.1) is 28.6 Å². The molecule has 0 aliphatic heterocycles. The third-order valence-electron chi connectivity index (χ3n) is 9.07. The van der Waals surface area contributed by atoms with E-state index in [0.29, 0.717) is 12.8 Å². The first-order valence-corrected chi connectivity index (χ1v) is 11.1. The summed E-state index contributed by atoms with van der Waals surface area (Å²) in [4.78, 5) is 36.1. The van der Waals surface area contributed by atoms with Crippen LogP contribution in [0.25, 0.3) is 0 Å². The van der Waals surface area contributed by atoms with Crippen LogP contribution < -0.4 is 0 Å². The summed E-state index contributed by atoms with van der Waals surface area (Å²) in [6, 6.07) is 0. The van der Waals surface area contributed by atoms with Gasteiger partial charge in [-0.1, -0.05) is 13.8 Å². The van der Waals surface area contributed by atoms with Gasteiger partial charge in [-0.25, -0.2) is 4.39 Å². The highest BCUT2D eigenvalue weighted by atomic mass is 19.1. The number of fused-ring (bicyclic) bond motifs is 5. The fourth-order valence-electron chi connectivity index (χ4n) is 7.64. The predicted molar refractivity (Wildman–Crippen MR) is 104 cm³/mol. The second-order valence-electron chi connectivity index (χ2n) is 10.4. The summed E-state index contributed by atoms with van der Waals surface area (Å²) in [5, 5.41) is 0. The molecule has 0 radical (unpaired) electrons. The third-order valence-corrected chi connectivity index (χ3v) is 9.07. The van der Waals surface area contributed by atoms with E-state index in [1.807, 2.05) is 6.92 Å². The molecule has 4 saturated carbocycles. The van der Waals surface area contributed by atoms with Gasteiger partial charge in [0.15, 0.2) is 11.5 Å². The number of ether oxygens (including phenoxy) is 2. The Kier molecular flexibility index (Phi) is 4.86. The number of Topliss-reactive ketones (excluding diaryl/α,β-unsaturated/α-hetero) is 1. The van der Waals surface area contributed by atoms with Gasteiger partial charge in [0.05, 0.1) is 0 Å². The van der Waals surface area contributed by atoms with Gasteiger partial charge < -0.3 is 9.47 Å². The van der Waals surface area contributed by atoms with Crippen molar-refractivity contribution in [3.05, 3.63) is 0 Å². The molecule has 4 aliphatic carbocycles. The quantitative estimate of drug-likeness (QED) is 0.642.